The third kappa shape index (κ3) is 2.46. The Hall–Kier alpha value is -2.81. The van der Waals surface area contributed by atoms with Gasteiger partial charge in [0.1, 0.15) is 11.8 Å². The first kappa shape index (κ1) is 17.1. The number of alkyl halides is 2. The molecule has 2 unspecified atom stereocenters. The van der Waals surface area contributed by atoms with Gasteiger partial charge in [-0.05, 0) is 23.6 Å². The SMILES string of the molecule is O=C1NC2c3ccc(-c4nc(N5CC(O)C5)nc5c4CCC5(F)F)cc3CC2O1. The molecule has 4 aliphatic rings. The molecule has 2 fully saturated rings. The summed E-state index contributed by atoms with van der Waals surface area (Å²) in [6.45, 7) is 0.683. The zero-order valence-corrected chi connectivity index (χ0v) is 15.4. The number of benzene rings is 1. The number of aliphatic hydroxyl groups is 1. The van der Waals surface area contributed by atoms with Gasteiger partial charge < -0.3 is 20.1 Å². The maximum Gasteiger partial charge on any atom is 0.408 e. The van der Waals surface area contributed by atoms with E-state index in [1.54, 1.807) is 4.90 Å². The van der Waals surface area contributed by atoms with Gasteiger partial charge in [-0.3, -0.25) is 0 Å². The van der Waals surface area contributed by atoms with Crippen LogP contribution in [-0.4, -0.2) is 46.5 Å². The van der Waals surface area contributed by atoms with Crippen molar-refractivity contribution >= 4 is 12.0 Å². The van der Waals surface area contributed by atoms with Crippen LogP contribution in [0.2, 0.25) is 0 Å². The van der Waals surface area contributed by atoms with Crippen LogP contribution in [0, 0.1) is 0 Å². The number of hydrogen-bond acceptors (Lipinski definition) is 6. The van der Waals surface area contributed by atoms with Gasteiger partial charge in [-0.1, -0.05) is 12.1 Å². The smallest absolute Gasteiger partial charge is 0.408 e. The summed E-state index contributed by atoms with van der Waals surface area (Å²) in [7, 11) is 0. The highest BCUT2D eigenvalue weighted by molar-refractivity contribution is 5.73. The monoisotopic (exact) mass is 400 g/mol. The number of aromatic nitrogens is 2. The van der Waals surface area contributed by atoms with Gasteiger partial charge in [0.15, 0.2) is 0 Å². The first-order valence-electron chi connectivity index (χ1n) is 9.71. The van der Waals surface area contributed by atoms with Crippen LogP contribution in [0.3, 0.4) is 0 Å². The van der Waals surface area contributed by atoms with E-state index in [-0.39, 0.29) is 36.6 Å². The summed E-state index contributed by atoms with van der Waals surface area (Å²) in [5, 5.41) is 12.4. The second-order valence-corrected chi connectivity index (χ2v) is 8.15. The largest absolute Gasteiger partial charge is 0.443 e. The zero-order chi connectivity index (χ0) is 19.9. The molecule has 7 nitrogen and oxygen atoms in total. The van der Waals surface area contributed by atoms with Gasteiger partial charge in [0.05, 0.1) is 17.8 Å². The summed E-state index contributed by atoms with van der Waals surface area (Å²) in [6, 6.07) is 5.57. The number of ether oxygens (including phenoxy) is 1. The fourth-order valence-electron chi connectivity index (χ4n) is 4.76. The van der Waals surface area contributed by atoms with Gasteiger partial charge in [0.25, 0.3) is 5.92 Å². The Labute approximate surface area is 164 Å². The van der Waals surface area contributed by atoms with Crippen molar-refractivity contribution in [1.82, 2.24) is 15.3 Å². The molecule has 2 aliphatic heterocycles. The first-order chi connectivity index (χ1) is 13.9. The lowest BCUT2D eigenvalue weighted by atomic mass is 9.99. The van der Waals surface area contributed by atoms with Crippen LogP contribution in [0.4, 0.5) is 19.5 Å². The van der Waals surface area contributed by atoms with Crippen molar-refractivity contribution in [1.29, 1.82) is 0 Å². The third-order valence-corrected chi connectivity index (χ3v) is 6.25. The molecule has 2 aromatic rings. The summed E-state index contributed by atoms with van der Waals surface area (Å²) in [6.07, 6.45) is -0.586. The molecule has 0 bridgehead atoms. The van der Waals surface area contributed by atoms with Crippen molar-refractivity contribution in [2.45, 2.75) is 43.4 Å². The van der Waals surface area contributed by atoms with Crippen molar-refractivity contribution in [3.05, 3.63) is 40.6 Å². The summed E-state index contributed by atoms with van der Waals surface area (Å²) in [4.78, 5) is 21.9. The second-order valence-electron chi connectivity index (χ2n) is 8.15. The number of carbonyl (C=O) groups excluding carboxylic acids is 1. The molecule has 9 heteroatoms. The Morgan fingerprint density at radius 3 is 2.90 bits per heavy atom. The van der Waals surface area contributed by atoms with Crippen LogP contribution < -0.4 is 10.2 Å². The first-order valence-corrected chi connectivity index (χ1v) is 9.71. The molecule has 2 atom stereocenters. The van der Waals surface area contributed by atoms with E-state index in [2.05, 4.69) is 15.3 Å². The summed E-state index contributed by atoms with van der Waals surface area (Å²) in [5.41, 5.74) is 3.58. The number of hydrogen-bond donors (Lipinski definition) is 2. The van der Waals surface area contributed by atoms with Crippen molar-refractivity contribution in [3.8, 4) is 11.3 Å². The topological polar surface area (TPSA) is 87.6 Å². The lowest BCUT2D eigenvalue weighted by molar-refractivity contribution is -0.00597. The number of aliphatic hydroxyl groups excluding tert-OH is 1. The quantitative estimate of drug-likeness (QED) is 0.803. The predicted octanol–water partition coefficient (Wildman–Crippen LogP) is 2.07. The van der Waals surface area contributed by atoms with Gasteiger partial charge in [-0.2, -0.15) is 8.78 Å². The minimum atomic E-state index is -2.98. The molecule has 29 heavy (non-hydrogen) atoms. The Balaban J connectivity index is 1.44. The molecule has 150 valence electrons. The van der Waals surface area contributed by atoms with Crippen LogP contribution in [0.1, 0.15) is 34.8 Å². The highest BCUT2D eigenvalue weighted by Crippen LogP contribution is 2.45. The molecule has 0 saturated carbocycles. The number of nitrogens with zero attached hydrogens (tertiary/aromatic N) is 3. The van der Waals surface area contributed by atoms with Gasteiger partial charge in [0.2, 0.25) is 5.95 Å². The predicted molar refractivity (Wildman–Crippen MR) is 97.8 cm³/mol. The molecular weight excluding hydrogens is 382 g/mol. The van der Waals surface area contributed by atoms with E-state index in [1.165, 1.54) is 0 Å². The molecule has 0 spiro atoms. The molecule has 2 aliphatic carbocycles. The molecule has 2 N–H and O–H groups in total. The number of amides is 1. The summed E-state index contributed by atoms with van der Waals surface area (Å²) >= 11 is 0. The Morgan fingerprint density at radius 2 is 2.10 bits per heavy atom. The van der Waals surface area contributed by atoms with Crippen LogP contribution in [0.15, 0.2) is 18.2 Å². The number of carbonyl (C=O) groups is 1. The van der Waals surface area contributed by atoms with Gasteiger partial charge in [-0.25, -0.2) is 14.8 Å². The average molecular weight is 400 g/mol. The lowest BCUT2D eigenvalue weighted by Gasteiger charge is -2.36. The zero-order valence-electron chi connectivity index (χ0n) is 15.4. The van der Waals surface area contributed by atoms with Gasteiger partial charge in [-0.15, -0.1) is 0 Å². The molecule has 3 heterocycles. The fraction of sp³-hybridized carbons (Fsp3) is 0.450. The molecule has 1 amide bonds. The second kappa shape index (κ2) is 5.63. The number of alkyl carbamates (subject to hydrolysis) is 1. The van der Waals surface area contributed by atoms with Gasteiger partial charge >= 0.3 is 6.09 Å². The molecule has 1 aromatic carbocycles. The fourth-order valence-corrected chi connectivity index (χ4v) is 4.76. The van der Waals surface area contributed by atoms with Crippen molar-refractivity contribution in [2.75, 3.05) is 18.0 Å². The van der Waals surface area contributed by atoms with Crippen molar-refractivity contribution in [2.24, 2.45) is 0 Å². The number of nitrogens with one attached hydrogen (secondary N) is 1. The maximum absolute atomic E-state index is 14.5. The Kier molecular flexibility index (Phi) is 3.31. The third-order valence-electron chi connectivity index (χ3n) is 6.25. The number of halogens is 2. The number of rotatable bonds is 2. The van der Waals surface area contributed by atoms with E-state index in [0.29, 0.717) is 30.8 Å². The highest BCUT2D eigenvalue weighted by atomic mass is 19.3. The van der Waals surface area contributed by atoms with E-state index < -0.39 is 18.1 Å². The standard InChI is InChI=1S/C20H18F2N4O3/c21-20(22)4-3-13-15(23-18(25-17(13)20)26-7-11(27)8-26)9-1-2-12-10(5-9)6-14-16(12)24-19(28)29-14/h1-2,5,11,14,16,27H,3-4,6-8H2,(H,24,28). The summed E-state index contributed by atoms with van der Waals surface area (Å²) in [5.74, 6) is -2.74. The van der Waals surface area contributed by atoms with E-state index >= 15 is 0 Å². The van der Waals surface area contributed by atoms with E-state index in [0.717, 1.165) is 16.7 Å². The Morgan fingerprint density at radius 1 is 1.28 bits per heavy atom. The van der Waals surface area contributed by atoms with E-state index in [9.17, 15) is 18.7 Å². The minimum absolute atomic E-state index is 0.162. The van der Waals surface area contributed by atoms with Crippen LogP contribution in [0.5, 0.6) is 0 Å². The minimum Gasteiger partial charge on any atom is -0.443 e. The molecular formula is C20H18F2N4O3. The number of anilines is 1. The van der Waals surface area contributed by atoms with Crippen molar-refractivity contribution in [3.63, 3.8) is 0 Å². The summed E-state index contributed by atoms with van der Waals surface area (Å²) < 4.78 is 34.2. The van der Waals surface area contributed by atoms with E-state index in [1.807, 2.05) is 18.2 Å². The highest BCUT2D eigenvalue weighted by Gasteiger charge is 2.45. The van der Waals surface area contributed by atoms with Gasteiger partial charge in [0, 0.05) is 37.1 Å². The molecule has 6 rings (SSSR count). The lowest BCUT2D eigenvalue weighted by Crippen LogP contribution is -2.51. The molecule has 1 aromatic heterocycles. The molecule has 0 radical (unpaired) electrons. The maximum atomic E-state index is 14.5. The van der Waals surface area contributed by atoms with Crippen LogP contribution in [-0.2, 0) is 23.5 Å². The van der Waals surface area contributed by atoms with Crippen molar-refractivity contribution < 1.29 is 23.4 Å². The molecule has 2 saturated heterocycles. The number of fused-ring (bicyclic) bond motifs is 4. The average Bonchev–Trinajstić information content (AvgIpc) is 3.28. The number of β-amino-alcohol motifs (C(OH)–C–C–N with tert-alkyl or cyclic N) is 1. The van der Waals surface area contributed by atoms with Crippen LogP contribution >= 0.6 is 0 Å². The van der Waals surface area contributed by atoms with Crippen LogP contribution in [0.25, 0.3) is 11.3 Å². The van der Waals surface area contributed by atoms with E-state index in [4.69, 9.17) is 4.74 Å². The Bertz CT molecular complexity index is 1050. The normalized spacial score (nSPS) is 26.4.